The molecule has 748 valence electrons. The fraction of sp³-hybridized carbons (Fsp3) is 0.368. The maximum Gasteiger partial charge on any atom is 1.00 e. The molecule has 0 saturated carbocycles. The average molecular weight is 2800 g/mol. The third-order valence-corrected chi connectivity index (χ3v) is 21.6. The van der Waals surface area contributed by atoms with Crippen LogP contribution in [0.3, 0.4) is 0 Å². The molecule has 0 aliphatic rings. The first-order chi connectivity index (χ1) is 62.3. The van der Waals surface area contributed by atoms with E-state index in [0.29, 0.717) is 51.6 Å². The van der Waals surface area contributed by atoms with E-state index in [2.05, 4.69) is 148 Å². The molecule has 13 heterocycles. The number of ketones is 1. The second-order valence-electron chi connectivity index (χ2n) is 22.6. The minimum Gasteiger partial charge on any atom is -1.00 e. The predicted octanol–water partition coefficient (Wildman–Crippen LogP) is 6.21. The number of Topliss-reactive ketones (excluding diaryl/α,β-unsaturated/α-hetero) is 1. The maximum atomic E-state index is 12.0. The summed E-state index contributed by atoms with van der Waals surface area (Å²) in [6.45, 7) is 22.8. The first kappa shape index (κ1) is 148. The standard InChI is InChI=1S/C12H20N3O2S.C10H12N2O2S.C8H13N3S.C8H8N2O2S.C6H3F3N2S.C6H3N2O2S.C6H3N2OS.C4H7BrO2.C3H2BrF3O.C3H4N2S.2CH3F.BH.BrH.Cl3OP.ClO2.2Na.HO4P.H2O.U.2Y.H/c1-6-17-11(16)7-15-9(2)10(3)18-12(15)13-8-14(4)5;1-4-14-9(13)8-5-11-10-12(8)6(2)7(3)15-10;1-6-7(2)12-8(10-6)9-5-11(3)4;1-4-5(2)13-8-9-3-6(7(11)12)10(4)8;7-6(8,9)4-3-11-1-2-12-5(11)10-4;9-5(10)4-3-7-6-8(4)1-2-11-6;9-4-5-3-7-6-8(5)1-2-10-6;1-2-7-4(6)3-5;4-1-2(8)3(5,6)7;4-3-5-1-2-6-3;2*1-2;;;1-5(2,3)4;2-1-3;;;1-4-5(2)3;;;;;/h8H,6-7H2,1-5H3;5H,4H2,1-3H3;5H,1-4H3;3H,1-2H3,(H,11,12);1-3H;1-2H,(H,9,10);1-2,4H;2-3H2,1H3;1H2;1-2H,(H2,4,5);2*1H3;2*1H;;;;;1H;1H2;;;;/q+1;;;;;2*-1;;;;;;;;;-1;2*+1;;;;;;-1/p-2/i;;;;;;;;;;3*1D;;;;;;;;;;;. The second kappa shape index (κ2) is 83.6. The van der Waals surface area contributed by atoms with Crippen molar-refractivity contribution in [1.29, 1.82) is 1.34 Å². The number of esters is 3. The van der Waals surface area contributed by atoms with Crippen LogP contribution in [0, 0.1) is 110 Å². The molecule has 0 aliphatic heterocycles. The van der Waals surface area contributed by atoms with E-state index < -0.39 is 80.2 Å². The Kier molecular flexibility index (Phi) is 90.1. The van der Waals surface area contributed by atoms with E-state index in [1.807, 2.05) is 106 Å². The van der Waals surface area contributed by atoms with E-state index in [1.165, 1.54) is 81.4 Å². The summed E-state index contributed by atoms with van der Waals surface area (Å²) in [5.74, 6) is -4.44. The van der Waals surface area contributed by atoms with E-state index in [0.717, 1.165) is 70.2 Å². The second-order valence-corrected chi connectivity index (χ2v) is 39.3. The van der Waals surface area contributed by atoms with Gasteiger partial charge < -0.3 is 106 Å². The monoisotopic (exact) mass is 2800 g/mol. The number of carboxylic acid groups (broad SMARTS) is 2. The van der Waals surface area contributed by atoms with Gasteiger partial charge in [0, 0.05) is 211 Å². The molecule has 0 aromatic carbocycles. The van der Waals surface area contributed by atoms with E-state index in [9.17, 15) is 73.3 Å². The quantitative estimate of drug-likeness (QED) is 0.00666. The topological polar surface area (TPSA) is 524 Å². The number of nitrogens with zero attached hydrogens (tertiary/aromatic N) is 17. The molecular formula is C68H85BBr3Cl4F8N18Na2O20P2S8UY2-3. The first-order valence-electron chi connectivity index (χ1n) is 36.2. The largest absolute Gasteiger partial charge is 1.00 e. The van der Waals surface area contributed by atoms with E-state index >= 15 is 0 Å². The van der Waals surface area contributed by atoms with Crippen molar-refractivity contribution in [2.24, 2.45) is 9.98 Å². The SMILES string of the molecule is CCOC(=O)CBr.CCOC(=O)C[n+]1c(N=CN(C)C)sc(C)c1C.CCOC(=O)c1cnc2sc(C)c(C)n12.Cc1nc(N=CN(C)C)sc1C.Cc1sc2ncc(C(=O)O)n2c1C.FC(F)(F)c1cn2ccsc2n1.Nc1nccs1.O=C(CBr)C(F)(F)F.O=C(O)c1[c-]nc2sccn12.O=Cc1[c-]nc2sccn12.O=P(Cl)(Cl)Cl.O=[P+]([O-])OO.[2H]CF.[2H]CF.[2H][B].[Br-].[H-].[Na+].[Na+].[O-][Cl+][O-].[OH-].[U].[Y].[Y]. The van der Waals surface area contributed by atoms with E-state index in [4.69, 9.17) is 53.5 Å². The number of thiazole rings is 8. The number of hydrogen-bond acceptors (Lipinski definition) is 36. The first-order valence-corrected chi connectivity index (χ1v) is 49.3. The van der Waals surface area contributed by atoms with Crippen molar-refractivity contribution >= 4 is 273 Å². The number of aromatic nitrogens is 13. The molecule has 0 spiro atoms. The number of aliphatic imine (C=N–C) groups is 2. The number of alkyl halides is 10. The van der Waals surface area contributed by atoms with Crippen LogP contribution in [-0.4, -0.2) is 231 Å². The molecule has 4 radical (unpaired) electrons. The van der Waals surface area contributed by atoms with Crippen LogP contribution in [-0.2, 0) is 121 Å². The van der Waals surface area contributed by atoms with Crippen molar-refractivity contribution in [2.45, 2.75) is 95.1 Å². The number of aryl methyl sites for hydroxylation is 7. The van der Waals surface area contributed by atoms with Crippen LogP contribution in [0.1, 0.15) is 115 Å². The zero-order valence-corrected chi connectivity index (χ0v) is 105. The fourth-order valence-corrected chi connectivity index (χ4v) is 14.2. The van der Waals surface area contributed by atoms with Gasteiger partial charge in [-0.3, -0.25) is 36.1 Å². The fourth-order valence-electron chi connectivity index (χ4n) is 7.74. The molecule has 13 aromatic rings. The number of carbonyl (C=O) groups is 7. The Labute approximate surface area is 984 Å². The van der Waals surface area contributed by atoms with Gasteiger partial charge in [-0.15, -0.1) is 45.3 Å². The van der Waals surface area contributed by atoms with Gasteiger partial charge in [0.2, 0.25) is 23.2 Å². The van der Waals surface area contributed by atoms with Gasteiger partial charge in [-0.2, -0.15) is 49.0 Å². The van der Waals surface area contributed by atoms with Crippen LogP contribution < -0.4 is 101 Å². The van der Waals surface area contributed by atoms with Crippen molar-refractivity contribution in [1.82, 2.24) is 66.7 Å². The van der Waals surface area contributed by atoms with Crippen LogP contribution in [0.2, 0.25) is 0 Å². The molecule has 13 aromatic heterocycles. The summed E-state index contributed by atoms with van der Waals surface area (Å²) in [6, 6.07) is 0. The van der Waals surface area contributed by atoms with E-state index in [-0.39, 0.29) is 215 Å². The normalized spacial score (nSPS) is 10.1. The van der Waals surface area contributed by atoms with Crippen LogP contribution in [0.5, 0.6) is 0 Å². The molecule has 0 saturated heterocycles. The minimum absolute atomic E-state index is 0. The molecule has 0 bridgehead atoms. The van der Waals surface area contributed by atoms with Crippen LogP contribution >= 0.6 is 170 Å². The summed E-state index contributed by atoms with van der Waals surface area (Å²) in [7, 11) is 6.41. The summed E-state index contributed by atoms with van der Waals surface area (Å²) < 4.78 is 168. The molecule has 137 heavy (non-hydrogen) atoms. The number of aldehydes is 1. The number of anilines is 1. The van der Waals surface area contributed by atoms with Crippen molar-refractivity contribution in [2.75, 3.05) is 78.7 Å². The molecule has 1 atom stereocenters. The zero-order chi connectivity index (χ0) is 103. The smallest absolute Gasteiger partial charge is 1.00 e. The third-order valence-electron chi connectivity index (χ3n) is 13.4. The number of hydrogen-bond donors (Lipinski definition) is 4. The molecule has 0 aliphatic carbocycles. The molecule has 0 amide bonds. The number of nitrogens with two attached hydrogens (primary N) is 1. The number of fused-ring (bicyclic) bond motifs is 5. The molecule has 69 heteroatoms. The minimum atomic E-state index is -4.68. The van der Waals surface area contributed by atoms with Gasteiger partial charge in [0.15, 0.2) is 43.6 Å². The number of carboxylic acids is 2. The number of halogens is 15. The summed E-state index contributed by atoms with van der Waals surface area (Å²) in [6.07, 6.45) is 10.8. The van der Waals surface area contributed by atoms with Crippen molar-refractivity contribution in [3.05, 3.63) is 148 Å². The van der Waals surface area contributed by atoms with Crippen LogP contribution in [0.4, 0.5) is 50.5 Å². The Morgan fingerprint density at radius 3 is 1.53 bits per heavy atom. The predicted molar refractivity (Wildman–Crippen MR) is 491 cm³/mol. The number of nitrogen functional groups attached to an aromatic ring is 1. The number of rotatable bonds is 16. The average Bonchev–Trinajstić information content (AvgIpc) is 1.63. The Balaban J connectivity index is -0.000000145. The van der Waals surface area contributed by atoms with E-state index in [1.54, 1.807) is 118 Å². The third kappa shape index (κ3) is 61.8. The van der Waals surface area contributed by atoms with Gasteiger partial charge in [0.05, 0.1) is 99.0 Å². The number of aromatic carboxylic acids is 2. The Morgan fingerprint density at radius 2 is 1.15 bits per heavy atom. The van der Waals surface area contributed by atoms with Crippen molar-refractivity contribution in [3.8, 4) is 0 Å². The van der Waals surface area contributed by atoms with Gasteiger partial charge in [0.1, 0.15) is 11.0 Å². The number of carbonyl (C=O) groups excluding carboxylic acids is 5. The van der Waals surface area contributed by atoms with Crippen molar-refractivity contribution in [3.63, 3.8) is 0 Å². The summed E-state index contributed by atoms with van der Waals surface area (Å²) >= 11 is 30.5. The molecule has 13 rings (SSSR count). The summed E-state index contributed by atoms with van der Waals surface area (Å²) in [5.41, 5.74) is 9.79. The zero-order valence-electron chi connectivity index (χ0n) is 78.8. The van der Waals surface area contributed by atoms with Crippen LogP contribution in [0.25, 0.3) is 24.8 Å². The molecule has 1 unspecified atom stereocenters. The van der Waals surface area contributed by atoms with Crippen molar-refractivity contribution < 1.29 is 325 Å². The van der Waals surface area contributed by atoms with Gasteiger partial charge >= 0.3 is 114 Å². The Hall–Kier alpha value is -2.38. The van der Waals surface area contributed by atoms with Gasteiger partial charge in [0.25, 0.3) is 0 Å². The van der Waals surface area contributed by atoms with Gasteiger partial charge in [-0.25, -0.2) is 54.1 Å². The molecular weight excluding hydrogens is 2710 g/mol. The van der Waals surface area contributed by atoms with Gasteiger partial charge in [-0.1, -0.05) is 49.4 Å². The molecule has 0 fully saturated rings. The van der Waals surface area contributed by atoms with Crippen LogP contribution in [0.15, 0.2) is 74.9 Å². The summed E-state index contributed by atoms with van der Waals surface area (Å²) in [4.78, 5) is 131. The van der Waals surface area contributed by atoms with Gasteiger partial charge in [-0.05, 0) is 155 Å². The molecule has 38 nitrogen and oxygen atoms in total. The Bertz CT molecular complexity index is 5700. The number of ether oxygens (including phenoxy) is 3. The molecule has 6 N–H and O–H groups in total. The number of imidazole rings is 5. The maximum absolute atomic E-state index is 12.0. The Morgan fingerprint density at radius 1 is 0.708 bits per heavy atom. The summed E-state index contributed by atoms with van der Waals surface area (Å²) in [5, 5.41) is 30.4.